The van der Waals surface area contributed by atoms with E-state index >= 15 is 0 Å². The van der Waals surface area contributed by atoms with Crippen LogP contribution in [0.4, 0.5) is 0 Å². The van der Waals surface area contributed by atoms with Gasteiger partial charge in [-0.3, -0.25) is 0 Å². The van der Waals surface area contributed by atoms with Crippen molar-refractivity contribution in [2.75, 3.05) is 6.54 Å². The molecule has 0 amide bonds. The molecule has 0 aliphatic heterocycles. The molecule has 0 saturated carbocycles. The lowest BCUT2D eigenvalue weighted by atomic mass is 9.92. The number of nitrogens with zero attached hydrogens (tertiary/aromatic N) is 2. The van der Waals surface area contributed by atoms with Crippen molar-refractivity contribution in [2.24, 2.45) is 0 Å². The number of nitrogens with one attached hydrogen (secondary N) is 1. The summed E-state index contributed by atoms with van der Waals surface area (Å²) in [5, 5.41) is 7.88. The molecule has 0 fully saturated rings. The molecule has 0 atom stereocenters. The van der Waals surface area contributed by atoms with Gasteiger partial charge in [0.05, 0.1) is 4.90 Å². The summed E-state index contributed by atoms with van der Waals surface area (Å²) < 4.78 is 33.0. The second-order valence-corrected chi connectivity index (χ2v) is 8.24. The lowest BCUT2D eigenvalue weighted by molar-refractivity contribution is 0.431. The molecule has 1 aliphatic carbocycles. The Kier molecular flexibility index (Phi) is 5.01. The maximum Gasteiger partial charge on any atom is 0.240 e. The normalized spacial score (nSPS) is 14.8. The van der Waals surface area contributed by atoms with Crippen LogP contribution in [-0.2, 0) is 29.3 Å². The summed E-state index contributed by atoms with van der Waals surface area (Å²) in [6.07, 6.45) is 4.68. The molecule has 1 aromatic heterocycles. The molecule has 7 heteroatoms. The highest BCUT2D eigenvalue weighted by Crippen LogP contribution is 2.24. The molecular weight excluding hydrogens is 326 g/mol. The van der Waals surface area contributed by atoms with Crippen molar-refractivity contribution in [2.45, 2.75) is 56.8 Å². The monoisotopic (exact) mass is 349 g/mol. The summed E-state index contributed by atoms with van der Waals surface area (Å²) in [4.78, 5) is 0.330. The van der Waals surface area contributed by atoms with E-state index in [9.17, 15) is 8.42 Å². The second-order valence-electron chi connectivity index (χ2n) is 6.47. The van der Waals surface area contributed by atoms with Gasteiger partial charge >= 0.3 is 0 Å². The Bertz CT molecular complexity index is 812. The maximum absolute atomic E-state index is 12.4. The van der Waals surface area contributed by atoms with Crippen LogP contribution >= 0.6 is 0 Å². The Labute approximate surface area is 142 Å². The molecule has 1 N–H and O–H groups in total. The van der Waals surface area contributed by atoms with Crippen LogP contribution in [0, 0.1) is 0 Å². The van der Waals surface area contributed by atoms with Gasteiger partial charge in [-0.2, -0.15) is 0 Å². The van der Waals surface area contributed by atoms with E-state index in [1.807, 2.05) is 19.9 Å². The molecule has 1 aromatic carbocycles. The first-order valence-electron chi connectivity index (χ1n) is 8.39. The van der Waals surface area contributed by atoms with Crippen LogP contribution in [-0.4, -0.2) is 25.2 Å². The van der Waals surface area contributed by atoms with Gasteiger partial charge in [0.25, 0.3) is 0 Å². The fourth-order valence-corrected chi connectivity index (χ4v) is 3.94. The summed E-state index contributed by atoms with van der Waals surface area (Å²) in [7, 11) is -3.51. The summed E-state index contributed by atoms with van der Waals surface area (Å²) in [5.74, 6) is 1.19. The number of rotatable bonds is 6. The highest BCUT2D eigenvalue weighted by atomic mass is 32.2. The third-order valence-corrected chi connectivity index (χ3v) is 5.70. The molecule has 0 unspecified atom stereocenters. The molecule has 0 saturated heterocycles. The fourth-order valence-electron chi connectivity index (χ4n) is 2.85. The molecule has 3 rings (SSSR count). The first-order chi connectivity index (χ1) is 11.5. The number of aryl methyl sites for hydroxylation is 2. The Balaban J connectivity index is 1.63. The largest absolute Gasteiger partial charge is 0.425 e. The number of hydrogen-bond donors (Lipinski definition) is 1. The topological polar surface area (TPSA) is 85.1 Å². The van der Waals surface area contributed by atoms with Gasteiger partial charge in [0.1, 0.15) is 0 Å². The van der Waals surface area contributed by atoms with Crippen LogP contribution in [0.5, 0.6) is 0 Å². The van der Waals surface area contributed by atoms with Crippen LogP contribution in [0.2, 0.25) is 0 Å². The standard InChI is InChI=1S/C17H23N3O3S/c1-12(2)17-20-19-16(23-17)9-10-18-24(21,22)15-8-7-13-5-3-4-6-14(13)11-15/h7-8,11-12,18H,3-6,9-10H2,1-2H3. The van der Waals surface area contributed by atoms with E-state index in [1.165, 1.54) is 12.0 Å². The molecule has 0 radical (unpaired) electrons. The van der Waals surface area contributed by atoms with E-state index in [4.69, 9.17) is 4.42 Å². The van der Waals surface area contributed by atoms with Crippen molar-refractivity contribution in [1.29, 1.82) is 0 Å². The minimum absolute atomic E-state index is 0.165. The molecule has 0 bridgehead atoms. The third kappa shape index (κ3) is 3.84. The summed E-state index contributed by atoms with van der Waals surface area (Å²) in [6, 6.07) is 5.44. The van der Waals surface area contributed by atoms with Crippen molar-refractivity contribution in [3.63, 3.8) is 0 Å². The van der Waals surface area contributed by atoms with Crippen LogP contribution < -0.4 is 4.72 Å². The maximum atomic E-state index is 12.4. The Morgan fingerprint density at radius 1 is 1.17 bits per heavy atom. The van der Waals surface area contributed by atoms with Gasteiger partial charge < -0.3 is 4.42 Å². The molecule has 0 spiro atoms. The van der Waals surface area contributed by atoms with E-state index in [0.717, 1.165) is 24.8 Å². The minimum Gasteiger partial charge on any atom is -0.425 e. The van der Waals surface area contributed by atoms with Gasteiger partial charge in [-0.05, 0) is 48.9 Å². The molecular formula is C17H23N3O3S. The smallest absolute Gasteiger partial charge is 0.240 e. The van der Waals surface area contributed by atoms with Crippen LogP contribution in [0.1, 0.15) is 55.5 Å². The molecule has 24 heavy (non-hydrogen) atoms. The quantitative estimate of drug-likeness (QED) is 0.866. The Morgan fingerprint density at radius 3 is 2.62 bits per heavy atom. The third-order valence-electron chi connectivity index (χ3n) is 4.24. The molecule has 1 aliphatic rings. The fraction of sp³-hybridized carbons (Fsp3) is 0.529. The molecule has 6 nitrogen and oxygen atoms in total. The highest BCUT2D eigenvalue weighted by molar-refractivity contribution is 7.89. The number of aromatic nitrogens is 2. The summed E-state index contributed by atoms with van der Waals surface area (Å²) in [6.45, 7) is 4.17. The zero-order chi connectivity index (χ0) is 17.2. The Morgan fingerprint density at radius 2 is 1.92 bits per heavy atom. The second kappa shape index (κ2) is 7.03. The number of benzene rings is 1. The molecule has 130 valence electrons. The number of hydrogen-bond acceptors (Lipinski definition) is 5. The zero-order valence-electron chi connectivity index (χ0n) is 14.1. The van der Waals surface area contributed by atoms with E-state index in [-0.39, 0.29) is 12.5 Å². The minimum atomic E-state index is -3.51. The first kappa shape index (κ1) is 17.1. The van der Waals surface area contributed by atoms with Gasteiger partial charge in [0.15, 0.2) is 0 Å². The number of sulfonamides is 1. The molecule has 2 aromatic rings. The van der Waals surface area contributed by atoms with Crippen molar-refractivity contribution < 1.29 is 12.8 Å². The predicted octanol–water partition coefficient (Wildman–Crippen LogP) is 2.59. The summed E-state index contributed by atoms with van der Waals surface area (Å²) in [5.41, 5.74) is 2.43. The predicted molar refractivity (Wildman–Crippen MR) is 90.4 cm³/mol. The van der Waals surface area contributed by atoms with Gasteiger partial charge in [-0.15, -0.1) is 10.2 Å². The first-order valence-corrected chi connectivity index (χ1v) is 9.88. The van der Waals surface area contributed by atoms with Crippen molar-refractivity contribution in [1.82, 2.24) is 14.9 Å². The average Bonchev–Trinajstić information content (AvgIpc) is 3.03. The average molecular weight is 349 g/mol. The van der Waals surface area contributed by atoms with Crippen LogP contribution in [0.25, 0.3) is 0 Å². The van der Waals surface area contributed by atoms with E-state index in [1.54, 1.807) is 12.1 Å². The molecule has 1 heterocycles. The van der Waals surface area contributed by atoms with E-state index < -0.39 is 10.0 Å². The lowest BCUT2D eigenvalue weighted by Gasteiger charge is -2.16. The highest BCUT2D eigenvalue weighted by Gasteiger charge is 2.18. The summed E-state index contributed by atoms with van der Waals surface area (Å²) >= 11 is 0. The van der Waals surface area contributed by atoms with Crippen molar-refractivity contribution in [3.05, 3.63) is 41.1 Å². The lowest BCUT2D eigenvalue weighted by Crippen LogP contribution is -2.26. The zero-order valence-corrected chi connectivity index (χ0v) is 14.9. The van der Waals surface area contributed by atoms with E-state index in [2.05, 4.69) is 14.9 Å². The van der Waals surface area contributed by atoms with Gasteiger partial charge in [0, 0.05) is 18.9 Å². The van der Waals surface area contributed by atoms with Crippen LogP contribution in [0.3, 0.4) is 0 Å². The van der Waals surface area contributed by atoms with E-state index in [0.29, 0.717) is 23.1 Å². The SMILES string of the molecule is CC(C)c1nnc(CCNS(=O)(=O)c2ccc3c(c2)CCCC3)o1. The van der Waals surface area contributed by atoms with Crippen molar-refractivity contribution >= 4 is 10.0 Å². The van der Waals surface area contributed by atoms with Gasteiger partial charge in [0.2, 0.25) is 21.8 Å². The van der Waals surface area contributed by atoms with Crippen LogP contribution in [0.15, 0.2) is 27.5 Å². The Hall–Kier alpha value is -1.73. The van der Waals surface area contributed by atoms with Gasteiger partial charge in [-0.25, -0.2) is 13.1 Å². The number of fused-ring (bicyclic) bond motifs is 1. The van der Waals surface area contributed by atoms with Crippen molar-refractivity contribution in [3.8, 4) is 0 Å². The van der Waals surface area contributed by atoms with Gasteiger partial charge in [-0.1, -0.05) is 19.9 Å².